The zero-order valence-corrected chi connectivity index (χ0v) is 17.5. The van der Waals surface area contributed by atoms with Crippen LogP contribution in [0.3, 0.4) is 0 Å². The van der Waals surface area contributed by atoms with Gasteiger partial charge in [-0.2, -0.15) is 15.8 Å². The maximum Gasteiger partial charge on any atom is 2.00 e. The SMILES string of the molecule is CC#N.CC#N.CC#N.C[C]1[C](C)[C](C)[C](C)[C]1C.F[B-](F)(F)F.[Ru+2]. The molecule has 0 spiro atoms. The first-order valence-corrected chi connectivity index (χ1v) is 6.79. The molecule has 0 amide bonds. The monoisotopic (exact) mass is 447 g/mol. The molecule has 0 aliphatic heterocycles. The van der Waals surface area contributed by atoms with Crippen LogP contribution in [0.5, 0.6) is 0 Å². The van der Waals surface area contributed by atoms with Crippen LogP contribution >= 0.6 is 0 Å². The zero-order valence-electron chi connectivity index (χ0n) is 15.8. The van der Waals surface area contributed by atoms with E-state index in [1.165, 1.54) is 50.4 Å². The fourth-order valence-electron chi connectivity index (χ4n) is 1.41. The van der Waals surface area contributed by atoms with Crippen LogP contribution in [-0.2, 0) is 19.5 Å². The van der Waals surface area contributed by atoms with Crippen molar-refractivity contribution >= 4 is 7.25 Å². The van der Waals surface area contributed by atoms with E-state index < -0.39 is 7.25 Å². The van der Waals surface area contributed by atoms with Crippen molar-refractivity contribution in [2.75, 3.05) is 0 Å². The van der Waals surface area contributed by atoms with Crippen molar-refractivity contribution in [2.45, 2.75) is 55.4 Å². The minimum Gasteiger partial charge on any atom is -0.418 e. The van der Waals surface area contributed by atoms with Crippen LogP contribution in [0, 0.1) is 63.6 Å². The van der Waals surface area contributed by atoms with Crippen LogP contribution in [0.25, 0.3) is 0 Å². The van der Waals surface area contributed by atoms with Crippen LogP contribution < -0.4 is 0 Å². The number of hydrogen-bond acceptors (Lipinski definition) is 3. The second-order valence-corrected chi connectivity index (χ2v) is 4.29. The first kappa shape index (κ1) is 35.1. The third-order valence-electron chi connectivity index (χ3n) is 2.81. The van der Waals surface area contributed by atoms with Gasteiger partial charge in [0.2, 0.25) is 0 Å². The van der Waals surface area contributed by atoms with E-state index in [2.05, 4.69) is 34.6 Å². The van der Waals surface area contributed by atoms with Crippen molar-refractivity contribution in [3.63, 3.8) is 0 Å². The van der Waals surface area contributed by atoms with Crippen molar-refractivity contribution in [1.82, 2.24) is 0 Å². The average molecular weight is 446 g/mol. The molecule has 1 aliphatic carbocycles. The number of nitriles is 3. The molecule has 25 heavy (non-hydrogen) atoms. The summed E-state index contributed by atoms with van der Waals surface area (Å²) in [6.07, 6.45) is 0. The van der Waals surface area contributed by atoms with Gasteiger partial charge in [-0.05, 0) is 29.6 Å². The molecular weight excluding hydrogens is 422 g/mol. The molecule has 0 aromatic carbocycles. The molecule has 141 valence electrons. The van der Waals surface area contributed by atoms with Crippen LogP contribution in [-0.4, -0.2) is 7.25 Å². The van der Waals surface area contributed by atoms with Gasteiger partial charge in [0, 0.05) is 20.8 Å². The standard InChI is InChI=1S/C10H15.3C2H3N.BF4.Ru/c1-6-7(2)9(4)10(5)8(6)3;3*1-2-3;2-1(3,4)5;/h1-5H3;3*1H3;;/q;;;;-1;+2. The molecule has 1 aliphatic rings. The molecule has 0 N–H and O–H groups in total. The van der Waals surface area contributed by atoms with Gasteiger partial charge in [0.15, 0.2) is 0 Å². The Balaban J connectivity index is -0.0000000760. The summed E-state index contributed by atoms with van der Waals surface area (Å²) >= 11 is 0. The summed E-state index contributed by atoms with van der Waals surface area (Å²) in [6.45, 7) is 15.3. The molecule has 0 saturated heterocycles. The molecule has 3 nitrogen and oxygen atoms in total. The Kier molecular flexibility index (Phi) is 29.3. The number of rotatable bonds is 0. The van der Waals surface area contributed by atoms with Gasteiger partial charge >= 0.3 is 26.7 Å². The smallest absolute Gasteiger partial charge is 0.418 e. The summed E-state index contributed by atoms with van der Waals surface area (Å²) in [5, 5.41) is 22.0. The Hall–Kier alpha value is -1.12. The molecule has 0 bridgehead atoms. The van der Waals surface area contributed by atoms with E-state index in [1.807, 2.05) is 0 Å². The molecule has 1 saturated carbocycles. The van der Waals surface area contributed by atoms with Gasteiger partial charge in [-0.1, -0.05) is 34.6 Å². The second-order valence-electron chi connectivity index (χ2n) is 4.29. The molecular formula is C16H24BF4N3Ru+. The first-order valence-electron chi connectivity index (χ1n) is 6.79. The predicted octanol–water partition coefficient (Wildman–Crippen LogP) is 5.86. The third kappa shape index (κ3) is 28.0. The van der Waals surface area contributed by atoms with Crippen molar-refractivity contribution in [2.24, 2.45) is 0 Å². The average Bonchev–Trinajstić information content (AvgIpc) is 2.58. The minimum absolute atomic E-state index is 0. The Morgan fingerprint density at radius 2 is 0.600 bits per heavy atom. The Bertz CT molecular complexity index is 334. The van der Waals surface area contributed by atoms with Crippen LogP contribution in [0.4, 0.5) is 17.3 Å². The molecule has 0 heterocycles. The molecule has 1 fully saturated rings. The van der Waals surface area contributed by atoms with Gasteiger partial charge in [0.25, 0.3) is 0 Å². The van der Waals surface area contributed by atoms with Crippen molar-refractivity contribution in [1.29, 1.82) is 15.8 Å². The second kappa shape index (κ2) is 20.9. The number of nitrogens with zero attached hydrogens (tertiary/aromatic N) is 3. The molecule has 0 aromatic rings. The van der Waals surface area contributed by atoms with E-state index in [0.717, 1.165) is 0 Å². The molecule has 5 radical (unpaired) electrons. The molecule has 9 heteroatoms. The van der Waals surface area contributed by atoms with E-state index in [0.29, 0.717) is 0 Å². The van der Waals surface area contributed by atoms with Crippen molar-refractivity contribution in [3.8, 4) is 18.2 Å². The Labute approximate surface area is 163 Å². The Morgan fingerprint density at radius 1 is 0.560 bits per heavy atom. The number of hydrogen-bond donors (Lipinski definition) is 0. The molecule has 0 aromatic heterocycles. The minimum atomic E-state index is -6.00. The van der Waals surface area contributed by atoms with Gasteiger partial charge in [0.05, 0.1) is 18.2 Å². The first-order chi connectivity index (χ1) is 10.8. The normalized spacial score (nSPS) is 14.8. The third-order valence-corrected chi connectivity index (χ3v) is 2.81. The molecule has 0 unspecified atom stereocenters. The van der Waals surface area contributed by atoms with E-state index in [1.54, 1.807) is 18.2 Å². The van der Waals surface area contributed by atoms with Gasteiger partial charge < -0.3 is 17.3 Å². The van der Waals surface area contributed by atoms with Crippen LogP contribution in [0.15, 0.2) is 0 Å². The van der Waals surface area contributed by atoms with Crippen molar-refractivity contribution < 1.29 is 36.7 Å². The van der Waals surface area contributed by atoms with E-state index in [9.17, 15) is 17.3 Å². The topological polar surface area (TPSA) is 71.4 Å². The summed E-state index contributed by atoms with van der Waals surface area (Å²) in [5.41, 5.74) is 0. The fraction of sp³-hybridized carbons (Fsp3) is 0.500. The van der Waals surface area contributed by atoms with E-state index in [4.69, 9.17) is 15.8 Å². The maximum atomic E-state index is 9.75. The zero-order chi connectivity index (χ0) is 20.5. The molecule has 1 rings (SSSR count). The maximum absolute atomic E-state index is 9.75. The van der Waals surface area contributed by atoms with Gasteiger partial charge in [-0.15, -0.1) is 0 Å². The Morgan fingerprint density at radius 3 is 0.640 bits per heavy atom. The van der Waals surface area contributed by atoms with Crippen molar-refractivity contribution in [3.05, 3.63) is 29.6 Å². The fourth-order valence-corrected chi connectivity index (χ4v) is 1.41. The molecule has 0 atom stereocenters. The van der Waals surface area contributed by atoms with Crippen LogP contribution in [0.2, 0.25) is 0 Å². The van der Waals surface area contributed by atoms with E-state index in [-0.39, 0.29) is 19.5 Å². The summed E-state index contributed by atoms with van der Waals surface area (Å²) in [6, 6.07) is 5.25. The predicted molar refractivity (Wildman–Crippen MR) is 88.6 cm³/mol. The number of halogens is 4. The van der Waals surface area contributed by atoms with E-state index >= 15 is 0 Å². The summed E-state index contributed by atoms with van der Waals surface area (Å²) in [4.78, 5) is 0. The van der Waals surface area contributed by atoms with Gasteiger partial charge in [0.1, 0.15) is 0 Å². The van der Waals surface area contributed by atoms with Gasteiger partial charge in [-0.25, -0.2) is 0 Å². The quantitative estimate of drug-likeness (QED) is 0.346. The summed E-state index contributed by atoms with van der Waals surface area (Å²) in [5.74, 6) is 7.34. The summed E-state index contributed by atoms with van der Waals surface area (Å²) < 4.78 is 39.0. The van der Waals surface area contributed by atoms with Crippen LogP contribution in [0.1, 0.15) is 55.4 Å². The summed E-state index contributed by atoms with van der Waals surface area (Å²) in [7, 11) is -6.00. The largest absolute Gasteiger partial charge is 2.00 e. The van der Waals surface area contributed by atoms with Gasteiger partial charge in [-0.3, -0.25) is 0 Å².